The molecule has 0 aromatic carbocycles. The SMILES string of the molecule is [CH2]c1nn(CC(=O)OCC)c(=O)o1. The molecule has 0 unspecified atom stereocenters. The van der Waals surface area contributed by atoms with Gasteiger partial charge >= 0.3 is 11.7 Å². The molecule has 71 valence electrons. The quantitative estimate of drug-likeness (QED) is 0.598. The molecule has 0 aliphatic heterocycles. The van der Waals surface area contributed by atoms with Crippen LogP contribution in [0.3, 0.4) is 0 Å². The second kappa shape index (κ2) is 3.88. The van der Waals surface area contributed by atoms with Crippen molar-refractivity contribution in [2.75, 3.05) is 6.61 Å². The highest BCUT2D eigenvalue weighted by molar-refractivity contribution is 5.68. The first kappa shape index (κ1) is 9.50. The summed E-state index contributed by atoms with van der Waals surface area (Å²) in [7, 11) is 0. The van der Waals surface area contributed by atoms with Crippen molar-refractivity contribution in [3.8, 4) is 0 Å². The molecule has 0 spiro atoms. The van der Waals surface area contributed by atoms with Gasteiger partial charge in [0.2, 0.25) is 5.89 Å². The first-order valence-electron chi connectivity index (χ1n) is 3.69. The predicted octanol–water partition coefficient (Wildman–Crippen LogP) is -0.418. The van der Waals surface area contributed by atoms with Crippen LogP contribution in [0.1, 0.15) is 12.8 Å². The van der Waals surface area contributed by atoms with Gasteiger partial charge in [0.05, 0.1) is 6.61 Å². The maximum Gasteiger partial charge on any atom is 0.437 e. The van der Waals surface area contributed by atoms with Crippen LogP contribution in [0.5, 0.6) is 0 Å². The van der Waals surface area contributed by atoms with E-state index in [0.717, 1.165) is 4.68 Å². The minimum absolute atomic E-state index is 0.0192. The summed E-state index contributed by atoms with van der Waals surface area (Å²) in [5.74, 6) is -1.26. The fourth-order valence-electron chi connectivity index (χ4n) is 0.778. The Kier molecular flexibility index (Phi) is 2.84. The molecule has 6 heteroatoms. The Labute approximate surface area is 74.1 Å². The Hall–Kier alpha value is -1.59. The molecule has 0 aliphatic carbocycles. The lowest BCUT2D eigenvalue weighted by Gasteiger charge is -1.98. The largest absolute Gasteiger partial charge is 0.465 e. The fraction of sp³-hybridized carbons (Fsp3) is 0.429. The number of nitrogens with zero attached hydrogens (tertiary/aromatic N) is 2. The number of rotatable bonds is 3. The summed E-state index contributed by atoms with van der Waals surface area (Å²) in [4.78, 5) is 21.8. The minimum Gasteiger partial charge on any atom is -0.465 e. The van der Waals surface area contributed by atoms with Crippen LogP contribution in [0.25, 0.3) is 0 Å². The molecule has 6 nitrogen and oxygen atoms in total. The van der Waals surface area contributed by atoms with Gasteiger partial charge < -0.3 is 9.15 Å². The molecule has 0 fully saturated rings. The van der Waals surface area contributed by atoms with E-state index in [9.17, 15) is 9.59 Å². The molecule has 0 aliphatic rings. The van der Waals surface area contributed by atoms with Gasteiger partial charge in [0, 0.05) is 6.92 Å². The molecule has 0 saturated carbocycles. The monoisotopic (exact) mass is 185 g/mol. The molecule has 13 heavy (non-hydrogen) atoms. The van der Waals surface area contributed by atoms with Crippen LogP contribution >= 0.6 is 0 Å². The van der Waals surface area contributed by atoms with Gasteiger partial charge in [-0.2, -0.15) is 4.68 Å². The van der Waals surface area contributed by atoms with Gasteiger partial charge in [-0.05, 0) is 6.92 Å². The average molecular weight is 185 g/mol. The predicted molar refractivity (Wildman–Crippen MR) is 41.9 cm³/mol. The average Bonchev–Trinajstić information content (AvgIpc) is 2.30. The van der Waals surface area contributed by atoms with Gasteiger partial charge in [-0.15, -0.1) is 5.10 Å². The first-order valence-corrected chi connectivity index (χ1v) is 3.69. The van der Waals surface area contributed by atoms with Gasteiger partial charge in [0.25, 0.3) is 0 Å². The maximum absolute atomic E-state index is 10.9. The molecule has 0 bridgehead atoms. The third kappa shape index (κ3) is 2.43. The molecule has 0 N–H and O–H groups in total. The van der Waals surface area contributed by atoms with E-state index in [4.69, 9.17) is 0 Å². The molecular formula is C7H9N2O4. The van der Waals surface area contributed by atoms with Gasteiger partial charge in [-0.1, -0.05) is 0 Å². The highest BCUT2D eigenvalue weighted by Gasteiger charge is 2.09. The van der Waals surface area contributed by atoms with Crippen LogP contribution in [0.2, 0.25) is 0 Å². The van der Waals surface area contributed by atoms with Crippen molar-refractivity contribution in [2.45, 2.75) is 13.5 Å². The van der Waals surface area contributed by atoms with E-state index in [2.05, 4.69) is 21.2 Å². The minimum atomic E-state index is -0.710. The normalized spacial score (nSPS) is 10.0. The van der Waals surface area contributed by atoms with E-state index < -0.39 is 11.7 Å². The fourth-order valence-corrected chi connectivity index (χ4v) is 0.778. The highest BCUT2D eigenvalue weighted by Crippen LogP contribution is 1.87. The zero-order valence-corrected chi connectivity index (χ0v) is 7.15. The van der Waals surface area contributed by atoms with Crippen molar-refractivity contribution in [1.29, 1.82) is 0 Å². The summed E-state index contributed by atoms with van der Waals surface area (Å²) in [6.45, 7) is 5.00. The molecular weight excluding hydrogens is 176 g/mol. The Morgan fingerprint density at radius 2 is 2.46 bits per heavy atom. The summed E-state index contributed by atoms with van der Waals surface area (Å²) in [6, 6.07) is 0. The van der Waals surface area contributed by atoms with Crippen molar-refractivity contribution >= 4 is 5.97 Å². The van der Waals surface area contributed by atoms with Crippen molar-refractivity contribution in [3.05, 3.63) is 23.4 Å². The molecule has 1 aromatic rings. The van der Waals surface area contributed by atoms with E-state index in [1.54, 1.807) is 6.92 Å². The number of carbonyl (C=O) groups excluding carboxylic acids is 1. The van der Waals surface area contributed by atoms with Gasteiger partial charge in [-0.3, -0.25) is 4.79 Å². The number of aromatic nitrogens is 2. The Morgan fingerprint density at radius 3 is 2.92 bits per heavy atom. The second-order valence-corrected chi connectivity index (χ2v) is 2.22. The number of esters is 1. The van der Waals surface area contributed by atoms with Crippen LogP contribution in [0, 0.1) is 6.92 Å². The summed E-state index contributed by atoms with van der Waals surface area (Å²) in [5.41, 5.74) is 0. The van der Waals surface area contributed by atoms with Crippen molar-refractivity contribution in [3.63, 3.8) is 0 Å². The zero-order valence-electron chi connectivity index (χ0n) is 7.15. The van der Waals surface area contributed by atoms with E-state index in [1.807, 2.05) is 0 Å². The molecule has 0 amide bonds. The lowest BCUT2D eigenvalue weighted by Crippen LogP contribution is -2.22. The van der Waals surface area contributed by atoms with Crippen molar-refractivity contribution < 1.29 is 13.9 Å². The Morgan fingerprint density at radius 1 is 1.77 bits per heavy atom. The van der Waals surface area contributed by atoms with Crippen LogP contribution in [-0.4, -0.2) is 22.4 Å². The maximum atomic E-state index is 10.9. The lowest BCUT2D eigenvalue weighted by atomic mass is 10.6. The van der Waals surface area contributed by atoms with Crippen molar-refractivity contribution in [2.24, 2.45) is 0 Å². The molecule has 0 atom stereocenters. The summed E-state index contributed by atoms with van der Waals surface area (Å²) in [6.07, 6.45) is 0. The molecule has 1 rings (SSSR count). The highest BCUT2D eigenvalue weighted by atomic mass is 16.5. The first-order chi connectivity index (χ1) is 6.13. The van der Waals surface area contributed by atoms with E-state index in [-0.39, 0.29) is 19.0 Å². The van der Waals surface area contributed by atoms with Crippen molar-refractivity contribution in [1.82, 2.24) is 9.78 Å². The van der Waals surface area contributed by atoms with Crippen LogP contribution < -0.4 is 5.76 Å². The third-order valence-corrected chi connectivity index (χ3v) is 1.23. The zero-order chi connectivity index (χ0) is 9.84. The topological polar surface area (TPSA) is 74.3 Å². The van der Waals surface area contributed by atoms with Gasteiger partial charge in [0.15, 0.2) is 0 Å². The molecule has 1 aromatic heterocycles. The number of carbonyl (C=O) groups is 1. The third-order valence-electron chi connectivity index (χ3n) is 1.23. The number of hydrogen-bond donors (Lipinski definition) is 0. The summed E-state index contributed by atoms with van der Waals surface area (Å²) in [5, 5.41) is 3.56. The van der Waals surface area contributed by atoms with Crippen LogP contribution in [0.4, 0.5) is 0 Å². The van der Waals surface area contributed by atoms with Crippen LogP contribution in [-0.2, 0) is 16.1 Å². The van der Waals surface area contributed by atoms with Crippen LogP contribution in [0.15, 0.2) is 9.21 Å². The Bertz CT molecular complexity index is 352. The van der Waals surface area contributed by atoms with E-state index in [0.29, 0.717) is 0 Å². The van der Waals surface area contributed by atoms with Gasteiger partial charge in [0.1, 0.15) is 6.54 Å². The number of ether oxygens (including phenoxy) is 1. The Balaban J connectivity index is 2.69. The lowest BCUT2D eigenvalue weighted by molar-refractivity contribution is -0.144. The summed E-state index contributed by atoms with van der Waals surface area (Å²) >= 11 is 0. The smallest absolute Gasteiger partial charge is 0.437 e. The molecule has 1 heterocycles. The molecule has 0 saturated heterocycles. The van der Waals surface area contributed by atoms with E-state index >= 15 is 0 Å². The second-order valence-electron chi connectivity index (χ2n) is 2.22. The molecule has 1 radical (unpaired) electrons. The van der Waals surface area contributed by atoms with Gasteiger partial charge in [-0.25, -0.2) is 4.79 Å². The standard InChI is InChI=1S/C7H9N2O4/c1-3-12-6(10)4-9-7(11)13-5(2)8-9/h2-4H2,1H3. The van der Waals surface area contributed by atoms with E-state index in [1.165, 1.54) is 0 Å². The number of hydrogen-bond acceptors (Lipinski definition) is 5. The summed E-state index contributed by atoms with van der Waals surface area (Å²) < 4.78 is 9.94.